The van der Waals surface area contributed by atoms with Gasteiger partial charge in [0.25, 0.3) is 0 Å². The number of rotatable bonds is 1. The molecule has 2 aromatic heterocycles. The summed E-state index contributed by atoms with van der Waals surface area (Å²) in [6, 6.07) is 7.66. The highest BCUT2D eigenvalue weighted by Gasteiger charge is 2.11. The summed E-state index contributed by atoms with van der Waals surface area (Å²) in [6.07, 6.45) is 0. The van der Waals surface area contributed by atoms with Crippen molar-refractivity contribution in [2.24, 2.45) is 0 Å². The fourth-order valence-electron chi connectivity index (χ4n) is 1.57. The molecule has 7 heteroatoms. The molecule has 90 valence electrons. The Morgan fingerprint density at radius 3 is 2.61 bits per heavy atom. The summed E-state index contributed by atoms with van der Waals surface area (Å²) in [5.74, 6) is 0.209. The largest absolute Gasteiger partial charge is 0.207 e. The van der Waals surface area contributed by atoms with Crippen LogP contribution >= 0.6 is 27.5 Å². The molecule has 0 unspecified atom stereocenters. The quantitative estimate of drug-likeness (QED) is 0.688. The van der Waals surface area contributed by atoms with E-state index in [4.69, 9.17) is 11.6 Å². The zero-order chi connectivity index (χ0) is 12.7. The second-order valence-electron chi connectivity index (χ2n) is 3.58. The van der Waals surface area contributed by atoms with Crippen molar-refractivity contribution in [2.45, 2.75) is 0 Å². The van der Waals surface area contributed by atoms with E-state index in [0.29, 0.717) is 21.1 Å². The van der Waals surface area contributed by atoms with Crippen molar-refractivity contribution in [3.63, 3.8) is 0 Å². The number of halogens is 3. The average Bonchev–Trinajstić information content (AvgIpc) is 2.74. The maximum Gasteiger partial charge on any atom is 0.185 e. The molecule has 0 aliphatic carbocycles. The first kappa shape index (κ1) is 11.6. The molecule has 0 aliphatic rings. The van der Waals surface area contributed by atoms with Gasteiger partial charge in [-0.15, -0.1) is 10.2 Å². The lowest BCUT2D eigenvalue weighted by atomic mass is 10.2. The van der Waals surface area contributed by atoms with E-state index < -0.39 is 0 Å². The molecular formula is C11H5BrClFN4. The number of fused-ring (bicyclic) bond motifs is 1. The van der Waals surface area contributed by atoms with E-state index in [9.17, 15) is 4.39 Å². The molecule has 1 aromatic carbocycles. The van der Waals surface area contributed by atoms with Gasteiger partial charge >= 0.3 is 0 Å². The summed E-state index contributed by atoms with van der Waals surface area (Å²) in [6.45, 7) is 0. The van der Waals surface area contributed by atoms with Gasteiger partial charge in [-0.1, -0.05) is 11.6 Å². The van der Waals surface area contributed by atoms with Gasteiger partial charge in [0.05, 0.1) is 4.47 Å². The van der Waals surface area contributed by atoms with E-state index in [-0.39, 0.29) is 5.82 Å². The third kappa shape index (κ3) is 1.87. The molecule has 0 atom stereocenters. The van der Waals surface area contributed by atoms with Crippen LogP contribution in [0.5, 0.6) is 0 Å². The Bertz CT molecular complexity index is 726. The van der Waals surface area contributed by atoms with Crippen LogP contribution in [-0.2, 0) is 0 Å². The van der Waals surface area contributed by atoms with E-state index in [1.54, 1.807) is 18.2 Å². The number of hydrogen-bond donors (Lipinski definition) is 0. The van der Waals surface area contributed by atoms with Crippen LogP contribution in [0.4, 0.5) is 4.39 Å². The number of hydrogen-bond acceptors (Lipinski definition) is 3. The third-order valence-electron chi connectivity index (χ3n) is 2.41. The minimum Gasteiger partial charge on any atom is -0.207 e. The van der Waals surface area contributed by atoms with Crippen LogP contribution in [0.25, 0.3) is 17.0 Å². The molecule has 4 nitrogen and oxygen atoms in total. The maximum atomic E-state index is 12.9. The minimum atomic E-state index is -0.304. The lowest BCUT2D eigenvalue weighted by molar-refractivity contribution is 0.628. The monoisotopic (exact) mass is 326 g/mol. The van der Waals surface area contributed by atoms with Crippen molar-refractivity contribution < 1.29 is 4.39 Å². The molecular weight excluding hydrogens is 323 g/mol. The molecule has 3 rings (SSSR count). The van der Waals surface area contributed by atoms with Crippen LogP contribution in [-0.4, -0.2) is 19.8 Å². The maximum absolute atomic E-state index is 12.9. The molecule has 0 aliphatic heterocycles. The first-order valence-electron chi connectivity index (χ1n) is 4.98. The summed E-state index contributed by atoms with van der Waals surface area (Å²) >= 11 is 9.20. The highest BCUT2D eigenvalue weighted by atomic mass is 79.9. The SMILES string of the molecule is Fc1ccc(-c2nnc3cc(Br)c(Cl)nn23)cc1. The van der Waals surface area contributed by atoms with Crippen molar-refractivity contribution in [1.82, 2.24) is 19.8 Å². The smallest absolute Gasteiger partial charge is 0.185 e. The van der Waals surface area contributed by atoms with Crippen LogP contribution in [0.15, 0.2) is 34.8 Å². The Labute approximate surface area is 115 Å². The van der Waals surface area contributed by atoms with E-state index in [2.05, 4.69) is 31.2 Å². The van der Waals surface area contributed by atoms with Gasteiger partial charge in [-0.05, 0) is 40.2 Å². The van der Waals surface area contributed by atoms with Crippen molar-refractivity contribution in [3.8, 4) is 11.4 Å². The van der Waals surface area contributed by atoms with Gasteiger partial charge in [-0.3, -0.25) is 0 Å². The van der Waals surface area contributed by atoms with E-state index in [0.717, 1.165) is 5.56 Å². The van der Waals surface area contributed by atoms with Crippen molar-refractivity contribution in [2.75, 3.05) is 0 Å². The molecule has 0 fully saturated rings. The summed E-state index contributed by atoms with van der Waals surface area (Å²) in [5.41, 5.74) is 1.28. The predicted molar refractivity (Wildman–Crippen MR) is 68.9 cm³/mol. The molecule has 18 heavy (non-hydrogen) atoms. The molecule has 2 heterocycles. The molecule has 0 saturated heterocycles. The molecule has 0 bridgehead atoms. The molecule has 0 amide bonds. The van der Waals surface area contributed by atoms with E-state index in [1.165, 1.54) is 16.6 Å². The Balaban J connectivity index is 2.23. The summed E-state index contributed by atoms with van der Waals surface area (Å²) in [7, 11) is 0. The normalized spacial score (nSPS) is 11.1. The van der Waals surface area contributed by atoms with Gasteiger partial charge in [0.1, 0.15) is 5.82 Å². The zero-order valence-corrected chi connectivity index (χ0v) is 11.2. The Hall–Kier alpha value is -1.53. The van der Waals surface area contributed by atoms with E-state index in [1.807, 2.05) is 0 Å². The van der Waals surface area contributed by atoms with Gasteiger partial charge in [-0.2, -0.15) is 9.61 Å². The molecule has 3 aromatic rings. The average molecular weight is 328 g/mol. The Morgan fingerprint density at radius 2 is 1.89 bits per heavy atom. The fraction of sp³-hybridized carbons (Fsp3) is 0. The minimum absolute atomic E-state index is 0.304. The molecule has 0 saturated carbocycles. The second kappa shape index (κ2) is 4.29. The molecule has 0 N–H and O–H groups in total. The number of nitrogens with zero attached hydrogens (tertiary/aromatic N) is 4. The highest BCUT2D eigenvalue weighted by Crippen LogP contribution is 2.24. The Morgan fingerprint density at radius 1 is 1.17 bits per heavy atom. The second-order valence-corrected chi connectivity index (χ2v) is 4.80. The molecule has 0 radical (unpaired) electrons. The first-order valence-corrected chi connectivity index (χ1v) is 6.15. The van der Waals surface area contributed by atoms with Gasteiger partial charge in [0.15, 0.2) is 16.6 Å². The van der Waals surface area contributed by atoms with Gasteiger partial charge < -0.3 is 0 Å². The van der Waals surface area contributed by atoms with Gasteiger partial charge in [-0.25, -0.2) is 4.39 Å². The first-order chi connectivity index (χ1) is 8.65. The highest BCUT2D eigenvalue weighted by molar-refractivity contribution is 9.10. The number of aromatic nitrogens is 4. The van der Waals surface area contributed by atoms with Crippen LogP contribution in [0.1, 0.15) is 0 Å². The summed E-state index contributed by atoms with van der Waals surface area (Å²) < 4.78 is 15.0. The third-order valence-corrected chi connectivity index (χ3v) is 3.52. The lowest BCUT2D eigenvalue weighted by Crippen LogP contribution is -1.95. The zero-order valence-electron chi connectivity index (χ0n) is 8.81. The van der Waals surface area contributed by atoms with Crippen LogP contribution in [0.3, 0.4) is 0 Å². The summed E-state index contributed by atoms with van der Waals surface area (Å²) in [5, 5.41) is 12.5. The Kier molecular flexibility index (Phi) is 2.76. The summed E-state index contributed by atoms with van der Waals surface area (Å²) in [4.78, 5) is 0. The fourth-order valence-corrected chi connectivity index (χ4v) is 1.98. The predicted octanol–water partition coefficient (Wildman–Crippen LogP) is 3.35. The molecule has 0 spiro atoms. The van der Waals surface area contributed by atoms with Gasteiger partial charge in [0.2, 0.25) is 0 Å². The van der Waals surface area contributed by atoms with E-state index >= 15 is 0 Å². The van der Waals surface area contributed by atoms with Gasteiger partial charge in [0, 0.05) is 11.6 Å². The van der Waals surface area contributed by atoms with Crippen LogP contribution in [0.2, 0.25) is 5.15 Å². The van der Waals surface area contributed by atoms with Crippen LogP contribution < -0.4 is 0 Å². The van der Waals surface area contributed by atoms with Crippen molar-refractivity contribution in [3.05, 3.63) is 45.8 Å². The van der Waals surface area contributed by atoms with Crippen LogP contribution in [0, 0.1) is 5.82 Å². The topological polar surface area (TPSA) is 43.1 Å². The van der Waals surface area contributed by atoms with Crippen molar-refractivity contribution >= 4 is 33.2 Å². The number of benzene rings is 1. The standard InChI is InChI=1S/C11H5BrClFN4/c12-8-5-9-15-16-11(18(9)17-10(8)13)6-1-3-7(14)4-2-6/h1-5H. The lowest BCUT2D eigenvalue weighted by Gasteiger charge is -2.00. The van der Waals surface area contributed by atoms with Crippen molar-refractivity contribution in [1.29, 1.82) is 0 Å².